The third kappa shape index (κ3) is 9.34. The zero-order valence-electron chi connectivity index (χ0n) is 54.2. The molecule has 0 amide bonds. The van der Waals surface area contributed by atoms with Crippen LogP contribution in [0.1, 0.15) is 0 Å². The number of thiophene rings is 3. The van der Waals surface area contributed by atoms with Gasteiger partial charge in [-0.05, 0) is 78.9 Å². The molecule has 0 spiro atoms. The van der Waals surface area contributed by atoms with Crippen molar-refractivity contribution in [3.05, 3.63) is 315 Å². The summed E-state index contributed by atoms with van der Waals surface area (Å²) in [5.41, 5.74) is 14.2. The lowest BCUT2D eigenvalue weighted by Crippen LogP contribution is -2.01. The fourth-order valence-electron chi connectivity index (χ4n) is 15.2. The zero-order valence-corrected chi connectivity index (χ0v) is 56.7. The molecule has 22 rings (SSSR count). The van der Waals surface area contributed by atoms with E-state index in [-0.39, 0.29) is 0 Å². The maximum absolute atomic E-state index is 6.60. The van der Waals surface area contributed by atoms with Crippen molar-refractivity contribution in [3.8, 4) is 79.7 Å². The van der Waals surface area contributed by atoms with Gasteiger partial charge >= 0.3 is 0 Å². The van der Waals surface area contributed by atoms with E-state index in [0.29, 0.717) is 34.9 Å². The van der Waals surface area contributed by atoms with Crippen LogP contribution in [0.4, 0.5) is 0 Å². The first kappa shape index (κ1) is 58.2. The second kappa shape index (κ2) is 23.4. The molecule has 14 aromatic carbocycles. The molecule has 0 unspecified atom stereocenters. The first-order chi connectivity index (χ1) is 50.6. The Hall–Kier alpha value is -12.8. The Bertz CT molecular complexity index is 6590. The Morgan fingerprint density at radius 3 is 1.08 bits per heavy atom. The normalized spacial score (nSPS) is 11.9. The average Bonchev–Trinajstić information content (AvgIpc) is 1.56. The van der Waals surface area contributed by atoms with Crippen molar-refractivity contribution in [1.82, 2.24) is 39.0 Å². The van der Waals surface area contributed by atoms with Gasteiger partial charge in [0.05, 0.1) is 27.5 Å². The van der Waals surface area contributed by atoms with E-state index in [2.05, 4.69) is 240 Å². The molecule has 0 aliphatic rings. The minimum absolute atomic E-state index is 0.638. The third-order valence-electron chi connectivity index (χ3n) is 19.7. The molecule has 0 saturated heterocycles. The molecule has 8 aromatic heterocycles. The van der Waals surface area contributed by atoms with E-state index in [1.807, 2.05) is 108 Å². The summed E-state index contributed by atoms with van der Waals surface area (Å²) in [6, 6.07) is 111. The van der Waals surface area contributed by atoms with Gasteiger partial charge in [0.2, 0.25) is 0 Å². The predicted octanol–water partition coefficient (Wildman–Crippen LogP) is 24.9. The molecule has 9 nitrogen and oxygen atoms in total. The summed E-state index contributed by atoms with van der Waals surface area (Å²) in [6.45, 7) is 0. The van der Waals surface area contributed by atoms with Crippen LogP contribution < -0.4 is 0 Å². The van der Waals surface area contributed by atoms with Crippen molar-refractivity contribution in [2.75, 3.05) is 0 Å². The van der Waals surface area contributed by atoms with Crippen molar-refractivity contribution in [1.29, 1.82) is 0 Å². The molecule has 476 valence electrons. The maximum atomic E-state index is 6.60. The summed E-state index contributed by atoms with van der Waals surface area (Å²) in [7, 11) is 0. The lowest BCUT2D eigenvalue weighted by molar-refractivity contribution is 0.673. The minimum Gasteiger partial charge on any atom is -0.455 e. The molecule has 12 heteroatoms. The number of benzene rings is 14. The number of para-hydroxylation sites is 3. The summed E-state index contributed by atoms with van der Waals surface area (Å²) in [4.78, 5) is 30.9. The standard InChI is InChI=1S/C45H26N4OS.C45H26N4S2/c1-3-13-27(14-4-1)43-46-44(28-15-5-2-6-16-28)48-45(47-43)34-25-29(26-39-40(34)33-19-9-12-22-38(33)51-39)49-35-20-10-7-18-32(35)41-36(49)24-23-31-30-17-8-11-21-37(30)50-42(31)41;1-3-13-27(14-4-1)43-46-44(28-15-5-2-6-16-28)48-45(47-43)34-25-29(26-39-40(34)33-19-9-12-22-38(33)50-39)49-35-20-10-7-18-32(35)41-36(49)24-23-31-30-17-8-11-21-37(30)51-42(31)41/h2*1-26H. The molecule has 0 aliphatic heterocycles. The minimum atomic E-state index is 0.638. The molecular weight excluding hydrogens is 1310 g/mol. The van der Waals surface area contributed by atoms with Crippen LogP contribution in [0.2, 0.25) is 0 Å². The molecule has 0 N–H and O–H groups in total. The summed E-state index contributed by atoms with van der Waals surface area (Å²) >= 11 is 5.49. The lowest BCUT2D eigenvalue weighted by atomic mass is 10.0. The summed E-state index contributed by atoms with van der Waals surface area (Å²) < 4.78 is 18.8. The molecule has 0 fully saturated rings. The summed E-state index contributed by atoms with van der Waals surface area (Å²) in [5.74, 6) is 3.89. The van der Waals surface area contributed by atoms with E-state index >= 15 is 0 Å². The SMILES string of the molecule is c1ccc(-c2nc(-c3ccccc3)nc(-c3cc(-n4c5ccccc5c5c6oc7ccccc7c6ccc54)cc4sc5ccccc5c34)n2)cc1.c1ccc(-c2nc(-c3ccccc3)nc(-c3cc(-n4c5ccccc5c5c6sc7ccccc7c6ccc54)cc4sc5ccccc5c34)n2)cc1. The Kier molecular flexibility index (Phi) is 13.3. The summed E-state index contributed by atoms with van der Waals surface area (Å²) in [6.07, 6.45) is 0. The van der Waals surface area contributed by atoms with Gasteiger partial charge in [-0.1, -0.05) is 237 Å². The van der Waals surface area contributed by atoms with Crippen molar-refractivity contribution in [2.45, 2.75) is 0 Å². The highest BCUT2D eigenvalue weighted by molar-refractivity contribution is 7.27. The van der Waals surface area contributed by atoms with E-state index in [0.717, 1.165) is 99.3 Å². The molecule has 0 saturated carbocycles. The quantitative estimate of drug-likeness (QED) is 0.149. The average molecular weight is 1360 g/mol. The number of rotatable bonds is 8. The van der Waals surface area contributed by atoms with Crippen molar-refractivity contribution < 1.29 is 4.42 Å². The predicted molar refractivity (Wildman–Crippen MR) is 427 cm³/mol. The third-order valence-corrected chi connectivity index (χ3v) is 23.1. The molecular formula is C90H52N8OS3. The van der Waals surface area contributed by atoms with Crippen LogP contribution in [0.15, 0.2) is 320 Å². The highest BCUT2D eigenvalue weighted by Crippen LogP contribution is 2.49. The van der Waals surface area contributed by atoms with Gasteiger partial charge in [0.1, 0.15) is 11.2 Å². The second-order valence-corrected chi connectivity index (χ2v) is 28.8. The number of hydrogen-bond acceptors (Lipinski definition) is 10. The first-order valence-electron chi connectivity index (χ1n) is 33.9. The zero-order chi connectivity index (χ0) is 66.9. The molecule has 102 heavy (non-hydrogen) atoms. The Morgan fingerprint density at radius 2 is 0.598 bits per heavy atom. The molecule has 0 atom stereocenters. The fourth-order valence-corrected chi connectivity index (χ4v) is 18.8. The van der Waals surface area contributed by atoms with Crippen molar-refractivity contribution in [3.63, 3.8) is 0 Å². The molecule has 22 aromatic rings. The second-order valence-electron chi connectivity index (χ2n) is 25.6. The Labute approximate surface area is 594 Å². The van der Waals surface area contributed by atoms with Crippen LogP contribution in [0.5, 0.6) is 0 Å². The van der Waals surface area contributed by atoms with Crippen LogP contribution in [-0.4, -0.2) is 39.0 Å². The molecule has 8 heterocycles. The van der Waals surface area contributed by atoms with Crippen molar-refractivity contribution >= 4 is 160 Å². The van der Waals surface area contributed by atoms with Gasteiger partial charge in [-0.3, -0.25) is 0 Å². The number of furan rings is 1. The lowest BCUT2D eigenvalue weighted by Gasteiger charge is -2.13. The summed E-state index contributed by atoms with van der Waals surface area (Å²) in [5, 5.41) is 14.3. The van der Waals surface area contributed by atoms with E-state index in [1.54, 1.807) is 11.3 Å². The number of fused-ring (bicyclic) bond motifs is 20. The maximum Gasteiger partial charge on any atom is 0.164 e. The van der Waals surface area contributed by atoms with E-state index < -0.39 is 0 Å². The van der Waals surface area contributed by atoms with Crippen LogP contribution in [0.3, 0.4) is 0 Å². The van der Waals surface area contributed by atoms with Gasteiger partial charge in [-0.15, -0.1) is 34.0 Å². The highest BCUT2D eigenvalue weighted by Gasteiger charge is 2.26. The van der Waals surface area contributed by atoms with Crippen molar-refractivity contribution in [2.24, 2.45) is 0 Å². The van der Waals surface area contributed by atoms with Gasteiger partial charge in [-0.2, -0.15) is 0 Å². The molecule has 0 radical (unpaired) electrons. The van der Waals surface area contributed by atoms with E-state index in [1.165, 1.54) is 71.6 Å². The highest BCUT2D eigenvalue weighted by atomic mass is 32.1. The van der Waals surface area contributed by atoms with Gasteiger partial charge in [-0.25, -0.2) is 29.9 Å². The van der Waals surface area contributed by atoms with Crippen LogP contribution in [0, 0.1) is 0 Å². The van der Waals surface area contributed by atoms with Gasteiger partial charge in [0.15, 0.2) is 34.9 Å². The number of aromatic nitrogens is 8. The van der Waals surface area contributed by atoms with Gasteiger partial charge < -0.3 is 13.6 Å². The molecule has 0 aliphatic carbocycles. The Balaban J connectivity index is 0.000000133. The van der Waals surface area contributed by atoms with Crippen LogP contribution in [-0.2, 0) is 0 Å². The number of hydrogen-bond donors (Lipinski definition) is 0. The van der Waals surface area contributed by atoms with Crippen LogP contribution in [0.25, 0.3) is 206 Å². The van der Waals surface area contributed by atoms with E-state index in [9.17, 15) is 0 Å². The van der Waals surface area contributed by atoms with Gasteiger partial charge in [0.25, 0.3) is 0 Å². The fraction of sp³-hybridized carbons (Fsp3) is 0. The van der Waals surface area contributed by atoms with Gasteiger partial charge in [0, 0.05) is 132 Å². The smallest absolute Gasteiger partial charge is 0.164 e. The first-order valence-corrected chi connectivity index (χ1v) is 36.3. The monoisotopic (exact) mass is 1360 g/mol. The number of nitrogens with zero attached hydrogens (tertiary/aromatic N) is 8. The Morgan fingerprint density at radius 1 is 0.235 bits per heavy atom. The largest absolute Gasteiger partial charge is 0.455 e. The van der Waals surface area contributed by atoms with E-state index in [4.69, 9.17) is 34.3 Å². The molecule has 0 bridgehead atoms. The topological polar surface area (TPSA) is 100 Å². The van der Waals surface area contributed by atoms with Crippen LogP contribution >= 0.6 is 34.0 Å².